The van der Waals surface area contributed by atoms with Crippen LogP contribution in [0.25, 0.3) is 22.6 Å². The summed E-state index contributed by atoms with van der Waals surface area (Å²) in [5, 5.41) is 11.4. The van der Waals surface area contributed by atoms with Gasteiger partial charge < -0.3 is 4.42 Å². The monoisotopic (exact) mass is 503 g/mol. The number of rotatable bonds is 4. The van der Waals surface area contributed by atoms with E-state index < -0.39 is 4.92 Å². The fourth-order valence-corrected chi connectivity index (χ4v) is 3.33. The van der Waals surface area contributed by atoms with Crippen molar-refractivity contribution in [3.05, 3.63) is 84.9 Å². The number of aromatic nitrogens is 1. The molecule has 0 saturated carbocycles. The number of hydrogen-bond donors (Lipinski definition) is 0. The SMILES string of the molecule is O=[N+]([O-])c1cccc(C=Nc2ccc3oc(-c4cc(I)ccc4Cl)nc3c2)c1. The fourth-order valence-electron chi connectivity index (χ4n) is 2.64. The normalized spacial score (nSPS) is 11.4. The van der Waals surface area contributed by atoms with E-state index in [1.807, 2.05) is 18.2 Å². The lowest BCUT2D eigenvalue weighted by atomic mass is 10.2. The molecule has 1 aromatic heterocycles. The summed E-state index contributed by atoms with van der Waals surface area (Å²) in [5.41, 5.74) is 3.33. The second kappa shape index (κ2) is 7.69. The number of nitro benzene ring substituents is 1. The van der Waals surface area contributed by atoms with Gasteiger partial charge in [0.25, 0.3) is 5.69 Å². The molecular weight excluding hydrogens is 493 g/mol. The molecule has 1 heterocycles. The summed E-state index contributed by atoms with van der Waals surface area (Å²) in [5.74, 6) is 0.443. The third kappa shape index (κ3) is 3.90. The standard InChI is InChI=1S/C20H11ClIN3O3/c21-17-6-4-13(22)9-16(17)20-24-18-10-14(5-7-19(18)28-20)23-11-12-2-1-3-15(8-12)25(26)27/h1-11H. The largest absolute Gasteiger partial charge is 0.436 e. The van der Waals surface area contributed by atoms with Crippen LogP contribution >= 0.6 is 34.2 Å². The molecule has 0 radical (unpaired) electrons. The van der Waals surface area contributed by atoms with Crippen LogP contribution in [0.15, 0.2) is 70.1 Å². The van der Waals surface area contributed by atoms with Crippen LogP contribution in [0.1, 0.15) is 5.56 Å². The Morgan fingerprint density at radius 1 is 1.14 bits per heavy atom. The molecule has 8 heteroatoms. The Hall–Kier alpha value is -2.78. The van der Waals surface area contributed by atoms with Crippen LogP contribution in [-0.4, -0.2) is 16.1 Å². The lowest BCUT2D eigenvalue weighted by molar-refractivity contribution is -0.384. The highest BCUT2D eigenvalue weighted by Gasteiger charge is 2.12. The first-order chi connectivity index (χ1) is 13.5. The highest BCUT2D eigenvalue weighted by Crippen LogP contribution is 2.32. The number of fused-ring (bicyclic) bond motifs is 1. The second-order valence-corrected chi connectivity index (χ2v) is 7.56. The van der Waals surface area contributed by atoms with Crippen molar-refractivity contribution in [3.63, 3.8) is 0 Å². The Bertz CT molecular complexity index is 1240. The van der Waals surface area contributed by atoms with Gasteiger partial charge in [-0.25, -0.2) is 4.98 Å². The molecule has 0 atom stereocenters. The third-order valence-electron chi connectivity index (χ3n) is 3.97. The zero-order valence-corrected chi connectivity index (χ0v) is 17.1. The number of hydrogen-bond acceptors (Lipinski definition) is 5. The van der Waals surface area contributed by atoms with E-state index in [0.717, 1.165) is 9.13 Å². The van der Waals surface area contributed by atoms with Gasteiger partial charge in [-0.15, -0.1) is 0 Å². The van der Waals surface area contributed by atoms with Gasteiger partial charge in [0.15, 0.2) is 5.58 Å². The van der Waals surface area contributed by atoms with Gasteiger partial charge in [0, 0.05) is 21.9 Å². The maximum Gasteiger partial charge on any atom is 0.270 e. The van der Waals surface area contributed by atoms with Gasteiger partial charge in [-0.05, 0) is 64.6 Å². The Kier molecular flexibility index (Phi) is 5.10. The number of nitro groups is 1. The van der Waals surface area contributed by atoms with Crippen molar-refractivity contribution < 1.29 is 9.34 Å². The molecular formula is C20H11ClIN3O3. The number of benzene rings is 3. The predicted octanol–water partition coefficient (Wildman–Crippen LogP) is 6.41. The van der Waals surface area contributed by atoms with E-state index in [1.54, 1.807) is 36.5 Å². The molecule has 138 valence electrons. The van der Waals surface area contributed by atoms with Crippen molar-refractivity contribution >= 4 is 62.9 Å². The van der Waals surface area contributed by atoms with Crippen LogP contribution < -0.4 is 0 Å². The first-order valence-electron chi connectivity index (χ1n) is 8.14. The summed E-state index contributed by atoms with van der Waals surface area (Å²) in [7, 11) is 0. The molecule has 0 aliphatic carbocycles. The van der Waals surface area contributed by atoms with Crippen molar-refractivity contribution in [2.45, 2.75) is 0 Å². The van der Waals surface area contributed by atoms with Gasteiger partial charge >= 0.3 is 0 Å². The highest BCUT2D eigenvalue weighted by molar-refractivity contribution is 14.1. The molecule has 0 N–H and O–H groups in total. The van der Waals surface area contributed by atoms with E-state index >= 15 is 0 Å². The summed E-state index contributed by atoms with van der Waals surface area (Å²) in [6.07, 6.45) is 1.57. The first-order valence-corrected chi connectivity index (χ1v) is 9.60. The number of nitrogens with zero attached hydrogens (tertiary/aromatic N) is 3. The number of halogens is 2. The first kappa shape index (κ1) is 18.6. The van der Waals surface area contributed by atoms with E-state index in [0.29, 0.717) is 33.3 Å². The van der Waals surface area contributed by atoms with Gasteiger partial charge in [-0.3, -0.25) is 15.1 Å². The van der Waals surface area contributed by atoms with Gasteiger partial charge in [0.2, 0.25) is 5.89 Å². The maximum absolute atomic E-state index is 10.9. The van der Waals surface area contributed by atoms with Crippen LogP contribution in [0.3, 0.4) is 0 Å². The minimum atomic E-state index is -0.434. The topological polar surface area (TPSA) is 81.5 Å². The summed E-state index contributed by atoms with van der Waals surface area (Å²) in [4.78, 5) is 19.3. The van der Waals surface area contributed by atoms with Gasteiger partial charge in [-0.1, -0.05) is 23.7 Å². The van der Waals surface area contributed by atoms with E-state index in [9.17, 15) is 10.1 Å². The van der Waals surface area contributed by atoms with Crippen LogP contribution in [0, 0.1) is 13.7 Å². The Labute approximate surface area is 178 Å². The van der Waals surface area contributed by atoms with E-state index in [2.05, 4.69) is 32.6 Å². The third-order valence-corrected chi connectivity index (χ3v) is 4.97. The van der Waals surface area contributed by atoms with Crippen molar-refractivity contribution in [3.8, 4) is 11.5 Å². The van der Waals surface area contributed by atoms with E-state index in [-0.39, 0.29) is 5.69 Å². The molecule has 0 unspecified atom stereocenters. The van der Waals surface area contributed by atoms with Gasteiger partial charge in [-0.2, -0.15) is 0 Å². The molecule has 0 aliphatic heterocycles. The van der Waals surface area contributed by atoms with Crippen LogP contribution in [-0.2, 0) is 0 Å². The van der Waals surface area contributed by atoms with Crippen LogP contribution in [0.4, 0.5) is 11.4 Å². The maximum atomic E-state index is 10.9. The molecule has 0 bridgehead atoms. The summed E-state index contributed by atoms with van der Waals surface area (Å²) >= 11 is 8.47. The Morgan fingerprint density at radius 3 is 2.82 bits per heavy atom. The Balaban J connectivity index is 1.66. The van der Waals surface area contributed by atoms with E-state index in [4.69, 9.17) is 16.0 Å². The van der Waals surface area contributed by atoms with Crippen molar-refractivity contribution in [2.75, 3.05) is 0 Å². The summed E-state index contributed by atoms with van der Waals surface area (Å²) < 4.78 is 6.85. The minimum absolute atomic E-state index is 0.0231. The smallest absolute Gasteiger partial charge is 0.270 e. The summed E-state index contributed by atoms with van der Waals surface area (Å²) in [6.45, 7) is 0. The lowest BCUT2D eigenvalue weighted by Gasteiger charge is -1.99. The number of oxazole rings is 1. The average molecular weight is 504 g/mol. The molecule has 0 saturated heterocycles. The van der Waals surface area contributed by atoms with Gasteiger partial charge in [0.1, 0.15) is 5.52 Å². The molecule has 4 rings (SSSR count). The van der Waals surface area contributed by atoms with Crippen LogP contribution in [0.5, 0.6) is 0 Å². The molecule has 6 nitrogen and oxygen atoms in total. The predicted molar refractivity (Wildman–Crippen MR) is 118 cm³/mol. The second-order valence-electron chi connectivity index (χ2n) is 5.91. The lowest BCUT2D eigenvalue weighted by Crippen LogP contribution is -1.89. The molecule has 4 aromatic rings. The molecule has 0 aliphatic rings. The molecule has 0 fully saturated rings. The van der Waals surface area contributed by atoms with E-state index in [1.165, 1.54) is 12.1 Å². The zero-order valence-electron chi connectivity index (χ0n) is 14.2. The fraction of sp³-hybridized carbons (Fsp3) is 0. The average Bonchev–Trinajstić information content (AvgIpc) is 3.11. The molecule has 0 spiro atoms. The quantitative estimate of drug-likeness (QED) is 0.139. The molecule has 28 heavy (non-hydrogen) atoms. The van der Waals surface area contributed by atoms with Crippen molar-refractivity contribution in [1.82, 2.24) is 4.98 Å². The molecule has 0 amide bonds. The summed E-state index contributed by atoms with van der Waals surface area (Å²) in [6, 6.07) is 17.3. The molecule has 3 aromatic carbocycles. The highest BCUT2D eigenvalue weighted by atomic mass is 127. The Morgan fingerprint density at radius 2 is 2.00 bits per heavy atom. The zero-order chi connectivity index (χ0) is 19.7. The van der Waals surface area contributed by atoms with Crippen molar-refractivity contribution in [1.29, 1.82) is 0 Å². The minimum Gasteiger partial charge on any atom is -0.436 e. The van der Waals surface area contributed by atoms with Gasteiger partial charge in [0.05, 0.1) is 21.2 Å². The van der Waals surface area contributed by atoms with Crippen molar-refractivity contribution in [2.24, 2.45) is 4.99 Å². The van der Waals surface area contributed by atoms with Crippen LogP contribution in [0.2, 0.25) is 5.02 Å². The number of aliphatic imine (C=N–C) groups is 1. The number of non-ortho nitro benzene ring substituents is 1.